The smallest absolute Gasteiger partial charge is 0.0210 e. The van der Waals surface area contributed by atoms with Gasteiger partial charge >= 0.3 is 0 Å². The lowest BCUT2D eigenvalue weighted by Gasteiger charge is -2.23. The highest BCUT2D eigenvalue weighted by Gasteiger charge is 2.13. The van der Waals surface area contributed by atoms with Gasteiger partial charge in [-0.2, -0.15) is 0 Å². The SMILES string of the molecule is C[C@@H]1Cc2cc(Br)ccc2CN1. The van der Waals surface area contributed by atoms with Gasteiger partial charge in [0.05, 0.1) is 0 Å². The summed E-state index contributed by atoms with van der Waals surface area (Å²) in [4.78, 5) is 0. The van der Waals surface area contributed by atoms with Gasteiger partial charge in [-0.15, -0.1) is 0 Å². The molecule has 1 aliphatic heterocycles. The van der Waals surface area contributed by atoms with Crippen molar-refractivity contribution in [2.24, 2.45) is 0 Å². The highest BCUT2D eigenvalue weighted by molar-refractivity contribution is 9.10. The molecule has 64 valence electrons. The zero-order chi connectivity index (χ0) is 8.55. The van der Waals surface area contributed by atoms with E-state index in [1.54, 1.807) is 0 Å². The Balaban J connectivity index is 2.37. The molecule has 2 heteroatoms. The summed E-state index contributed by atoms with van der Waals surface area (Å²) in [5.41, 5.74) is 2.92. The molecule has 12 heavy (non-hydrogen) atoms. The molecule has 0 bridgehead atoms. The van der Waals surface area contributed by atoms with E-state index in [-0.39, 0.29) is 0 Å². The van der Waals surface area contributed by atoms with Crippen LogP contribution in [-0.4, -0.2) is 6.04 Å². The lowest BCUT2D eigenvalue weighted by Crippen LogP contribution is -2.32. The highest BCUT2D eigenvalue weighted by Crippen LogP contribution is 2.20. The fraction of sp³-hybridized carbons (Fsp3) is 0.400. The molecule has 1 aromatic carbocycles. The molecule has 1 heterocycles. The zero-order valence-electron chi connectivity index (χ0n) is 7.10. The molecule has 0 spiro atoms. The van der Waals surface area contributed by atoms with Crippen molar-refractivity contribution in [1.82, 2.24) is 5.32 Å². The van der Waals surface area contributed by atoms with Gasteiger partial charge < -0.3 is 5.32 Å². The van der Waals surface area contributed by atoms with Gasteiger partial charge in [-0.25, -0.2) is 0 Å². The molecule has 1 atom stereocenters. The van der Waals surface area contributed by atoms with Crippen molar-refractivity contribution in [3.63, 3.8) is 0 Å². The second-order valence-electron chi connectivity index (χ2n) is 3.40. The summed E-state index contributed by atoms with van der Waals surface area (Å²) in [6.45, 7) is 3.24. The normalized spacial score (nSPS) is 22.0. The van der Waals surface area contributed by atoms with Crippen molar-refractivity contribution in [1.29, 1.82) is 0 Å². The van der Waals surface area contributed by atoms with Crippen LogP contribution in [0.3, 0.4) is 0 Å². The molecular weight excluding hydrogens is 214 g/mol. The van der Waals surface area contributed by atoms with Crippen LogP contribution in [0, 0.1) is 0 Å². The molecular formula is C10H12BrN. The van der Waals surface area contributed by atoms with Gasteiger partial charge in [0, 0.05) is 17.1 Å². The van der Waals surface area contributed by atoms with Crippen LogP contribution in [0.25, 0.3) is 0 Å². The predicted molar refractivity (Wildman–Crippen MR) is 54.1 cm³/mol. The molecule has 0 aliphatic carbocycles. The van der Waals surface area contributed by atoms with Gasteiger partial charge in [-0.1, -0.05) is 22.0 Å². The van der Waals surface area contributed by atoms with Crippen LogP contribution < -0.4 is 5.32 Å². The first-order chi connectivity index (χ1) is 5.75. The summed E-state index contributed by atoms with van der Waals surface area (Å²) in [6.07, 6.45) is 1.15. The second kappa shape index (κ2) is 3.19. The maximum Gasteiger partial charge on any atom is 0.0210 e. The number of nitrogens with one attached hydrogen (secondary N) is 1. The largest absolute Gasteiger partial charge is 0.310 e. The van der Waals surface area contributed by atoms with Gasteiger partial charge in [-0.05, 0) is 36.6 Å². The molecule has 0 saturated carbocycles. The molecule has 0 radical (unpaired) electrons. The fourth-order valence-corrected chi connectivity index (χ4v) is 2.05. The number of hydrogen-bond donors (Lipinski definition) is 1. The number of benzene rings is 1. The molecule has 0 amide bonds. The Morgan fingerprint density at radius 3 is 3.08 bits per heavy atom. The average molecular weight is 226 g/mol. The summed E-state index contributed by atoms with van der Waals surface area (Å²) in [6, 6.07) is 7.15. The Kier molecular flexibility index (Phi) is 2.20. The van der Waals surface area contributed by atoms with E-state index in [1.807, 2.05) is 0 Å². The predicted octanol–water partition coefficient (Wildman–Crippen LogP) is 2.48. The third-order valence-electron chi connectivity index (χ3n) is 2.34. The van der Waals surface area contributed by atoms with Gasteiger partial charge in [0.1, 0.15) is 0 Å². The van der Waals surface area contributed by atoms with Crippen LogP contribution in [0.1, 0.15) is 18.1 Å². The maximum atomic E-state index is 3.49. The van der Waals surface area contributed by atoms with E-state index in [0.717, 1.165) is 13.0 Å². The first-order valence-electron chi connectivity index (χ1n) is 4.26. The molecule has 2 rings (SSSR count). The Morgan fingerprint density at radius 1 is 1.42 bits per heavy atom. The Bertz CT molecular complexity index is 296. The monoisotopic (exact) mass is 225 g/mol. The van der Waals surface area contributed by atoms with E-state index in [9.17, 15) is 0 Å². The van der Waals surface area contributed by atoms with Crippen LogP contribution in [0.15, 0.2) is 22.7 Å². The summed E-state index contributed by atoms with van der Waals surface area (Å²) >= 11 is 3.49. The summed E-state index contributed by atoms with van der Waals surface area (Å²) in [5, 5.41) is 3.44. The van der Waals surface area contributed by atoms with E-state index in [2.05, 4.69) is 46.4 Å². The standard InChI is InChI=1S/C10H12BrN/c1-7-4-9-5-10(11)3-2-8(9)6-12-7/h2-3,5,7,12H,4,6H2,1H3/t7-/m1/s1. The van der Waals surface area contributed by atoms with Crippen molar-refractivity contribution < 1.29 is 0 Å². The number of fused-ring (bicyclic) bond motifs is 1. The van der Waals surface area contributed by atoms with Crippen LogP contribution in [-0.2, 0) is 13.0 Å². The molecule has 1 aromatic rings. The summed E-state index contributed by atoms with van der Waals surface area (Å²) < 4.78 is 1.19. The van der Waals surface area contributed by atoms with Crippen LogP contribution in [0.5, 0.6) is 0 Å². The number of halogens is 1. The van der Waals surface area contributed by atoms with Crippen molar-refractivity contribution in [2.45, 2.75) is 25.9 Å². The second-order valence-corrected chi connectivity index (χ2v) is 4.31. The summed E-state index contributed by atoms with van der Waals surface area (Å²) in [5.74, 6) is 0. The minimum atomic E-state index is 0.617. The van der Waals surface area contributed by atoms with Gasteiger partial charge in [0.2, 0.25) is 0 Å². The van der Waals surface area contributed by atoms with Gasteiger partial charge in [-0.3, -0.25) is 0 Å². The van der Waals surface area contributed by atoms with E-state index < -0.39 is 0 Å². The molecule has 1 aliphatic rings. The Hall–Kier alpha value is -0.340. The zero-order valence-corrected chi connectivity index (χ0v) is 8.69. The maximum absolute atomic E-state index is 3.49. The first-order valence-corrected chi connectivity index (χ1v) is 5.05. The number of rotatable bonds is 0. The minimum absolute atomic E-state index is 0.617. The third-order valence-corrected chi connectivity index (χ3v) is 2.83. The summed E-state index contributed by atoms with van der Waals surface area (Å²) in [7, 11) is 0. The number of hydrogen-bond acceptors (Lipinski definition) is 1. The van der Waals surface area contributed by atoms with Crippen LogP contribution >= 0.6 is 15.9 Å². The van der Waals surface area contributed by atoms with E-state index in [0.29, 0.717) is 6.04 Å². The lowest BCUT2D eigenvalue weighted by molar-refractivity contribution is 0.513. The van der Waals surface area contributed by atoms with Crippen molar-refractivity contribution in [2.75, 3.05) is 0 Å². The third kappa shape index (κ3) is 1.54. The molecule has 0 fully saturated rings. The van der Waals surface area contributed by atoms with Crippen molar-refractivity contribution in [3.8, 4) is 0 Å². The molecule has 1 nitrogen and oxygen atoms in total. The van der Waals surface area contributed by atoms with Crippen LogP contribution in [0.2, 0.25) is 0 Å². The van der Waals surface area contributed by atoms with E-state index in [1.165, 1.54) is 15.6 Å². The van der Waals surface area contributed by atoms with Gasteiger partial charge in [0.25, 0.3) is 0 Å². The molecule has 0 aromatic heterocycles. The van der Waals surface area contributed by atoms with Gasteiger partial charge in [0.15, 0.2) is 0 Å². The Labute approximate surface area is 81.3 Å². The molecule has 0 saturated heterocycles. The molecule has 0 unspecified atom stereocenters. The minimum Gasteiger partial charge on any atom is -0.310 e. The van der Waals surface area contributed by atoms with Crippen molar-refractivity contribution >= 4 is 15.9 Å². The highest BCUT2D eigenvalue weighted by atomic mass is 79.9. The topological polar surface area (TPSA) is 12.0 Å². The quantitative estimate of drug-likeness (QED) is 0.716. The lowest BCUT2D eigenvalue weighted by atomic mass is 9.97. The first kappa shape index (κ1) is 8.27. The average Bonchev–Trinajstić information content (AvgIpc) is 2.03. The Morgan fingerprint density at radius 2 is 2.25 bits per heavy atom. The van der Waals surface area contributed by atoms with E-state index >= 15 is 0 Å². The van der Waals surface area contributed by atoms with Crippen molar-refractivity contribution in [3.05, 3.63) is 33.8 Å². The van der Waals surface area contributed by atoms with E-state index in [4.69, 9.17) is 0 Å². The molecule has 1 N–H and O–H groups in total. The van der Waals surface area contributed by atoms with Crippen LogP contribution in [0.4, 0.5) is 0 Å². The fourth-order valence-electron chi connectivity index (χ4n) is 1.64.